The molecule has 2 aromatic heterocycles. The molecule has 0 atom stereocenters. The third kappa shape index (κ3) is 2.08. The minimum Gasteiger partial charge on any atom is -0.455 e. The number of benzene rings is 1. The van der Waals surface area contributed by atoms with Gasteiger partial charge in [0.1, 0.15) is 11.5 Å². The summed E-state index contributed by atoms with van der Waals surface area (Å²) < 4.78 is 5.92. The number of pyridine rings is 2. The van der Waals surface area contributed by atoms with E-state index in [9.17, 15) is 0 Å². The van der Waals surface area contributed by atoms with Gasteiger partial charge in [0, 0.05) is 35.1 Å². The predicted octanol–water partition coefficient (Wildman–Crippen LogP) is 3.31. The van der Waals surface area contributed by atoms with Gasteiger partial charge in [0.25, 0.3) is 0 Å². The molecule has 94 valence electrons. The van der Waals surface area contributed by atoms with E-state index in [0.717, 1.165) is 28.0 Å². The van der Waals surface area contributed by atoms with Crippen LogP contribution in [0, 0.1) is 6.92 Å². The molecule has 1 aromatic carbocycles. The Morgan fingerprint density at radius 1 is 1.00 bits per heavy atom. The summed E-state index contributed by atoms with van der Waals surface area (Å²) in [5, 5.41) is 1.83. The maximum atomic E-state index is 5.95. The van der Waals surface area contributed by atoms with Crippen LogP contribution in [0.1, 0.15) is 5.69 Å². The molecule has 0 radical (unpaired) electrons. The summed E-state index contributed by atoms with van der Waals surface area (Å²) in [5.41, 5.74) is 7.51. The second-order valence-corrected chi connectivity index (χ2v) is 4.26. The summed E-state index contributed by atoms with van der Waals surface area (Å²) in [7, 11) is 0. The van der Waals surface area contributed by atoms with E-state index in [4.69, 9.17) is 10.5 Å². The SMILES string of the molecule is Cc1ncccc1Oc1ccc(N)c2ccncc12. The van der Waals surface area contributed by atoms with Crippen molar-refractivity contribution >= 4 is 16.5 Å². The number of hydrogen-bond donors (Lipinski definition) is 1. The van der Waals surface area contributed by atoms with Gasteiger partial charge in [-0.05, 0) is 37.3 Å². The number of hydrogen-bond acceptors (Lipinski definition) is 4. The first-order valence-corrected chi connectivity index (χ1v) is 5.97. The van der Waals surface area contributed by atoms with Crippen molar-refractivity contribution in [1.29, 1.82) is 0 Å². The van der Waals surface area contributed by atoms with Crippen LogP contribution in [-0.2, 0) is 0 Å². The quantitative estimate of drug-likeness (QED) is 0.710. The van der Waals surface area contributed by atoms with Gasteiger partial charge in [-0.15, -0.1) is 0 Å². The molecule has 0 spiro atoms. The van der Waals surface area contributed by atoms with Crippen molar-refractivity contribution < 1.29 is 4.74 Å². The van der Waals surface area contributed by atoms with Gasteiger partial charge in [0.2, 0.25) is 0 Å². The minimum atomic E-state index is 0.715. The van der Waals surface area contributed by atoms with Gasteiger partial charge in [-0.25, -0.2) is 0 Å². The van der Waals surface area contributed by atoms with Crippen LogP contribution in [0.25, 0.3) is 10.8 Å². The topological polar surface area (TPSA) is 61.0 Å². The number of anilines is 1. The van der Waals surface area contributed by atoms with Crippen LogP contribution in [-0.4, -0.2) is 9.97 Å². The van der Waals surface area contributed by atoms with Gasteiger partial charge in [0.15, 0.2) is 0 Å². The molecule has 2 heterocycles. The molecule has 0 saturated heterocycles. The largest absolute Gasteiger partial charge is 0.455 e. The van der Waals surface area contributed by atoms with Crippen molar-refractivity contribution in [2.45, 2.75) is 6.92 Å². The van der Waals surface area contributed by atoms with Crippen molar-refractivity contribution in [2.75, 3.05) is 5.73 Å². The second kappa shape index (κ2) is 4.57. The molecule has 4 heteroatoms. The molecule has 0 fully saturated rings. The Morgan fingerprint density at radius 2 is 1.89 bits per heavy atom. The zero-order chi connectivity index (χ0) is 13.2. The number of aromatic nitrogens is 2. The van der Waals surface area contributed by atoms with Gasteiger partial charge < -0.3 is 10.5 Å². The lowest BCUT2D eigenvalue weighted by Crippen LogP contribution is -1.93. The zero-order valence-corrected chi connectivity index (χ0v) is 10.5. The molecular formula is C15H13N3O. The number of aryl methyl sites for hydroxylation is 1. The Hall–Kier alpha value is -2.62. The van der Waals surface area contributed by atoms with E-state index in [1.165, 1.54) is 0 Å². The summed E-state index contributed by atoms with van der Waals surface area (Å²) in [6.45, 7) is 1.91. The maximum absolute atomic E-state index is 5.95. The van der Waals surface area contributed by atoms with Gasteiger partial charge in [-0.3, -0.25) is 9.97 Å². The molecule has 3 aromatic rings. The molecule has 4 nitrogen and oxygen atoms in total. The molecule has 0 aliphatic rings. The fourth-order valence-corrected chi connectivity index (χ4v) is 1.97. The Bertz CT molecular complexity index is 740. The van der Waals surface area contributed by atoms with Crippen LogP contribution >= 0.6 is 0 Å². The Labute approximate surface area is 110 Å². The number of rotatable bonds is 2. The molecule has 0 aliphatic carbocycles. The summed E-state index contributed by atoms with van der Waals surface area (Å²) in [6.07, 6.45) is 5.22. The maximum Gasteiger partial charge on any atom is 0.148 e. The van der Waals surface area contributed by atoms with E-state index < -0.39 is 0 Å². The van der Waals surface area contributed by atoms with E-state index in [1.807, 2.05) is 37.3 Å². The molecule has 0 saturated carbocycles. The molecule has 0 unspecified atom stereocenters. The lowest BCUT2D eigenvalue weighted by Gasteiger charge is -2.11. The first-order valence-electron chi connectivity index (χ1n) is 5.97. The fourth-order valence-electron chi connectivity index (χ4n) is 1.97. The Kier molecular flexibility index (Phi) is 2.76. The molecule has 2 N–H and O–H groups in total. The average Bonchev–Trinajstić information content (AvgIpc) is 2.44. The predicted molar refractivity (Wildman–Crippen MR) is 75.2 cm³/mol. The third-order valence-corrected chi connectivity index (χ3v) is 2.99. The molecule has 0 aliphatic heterocycles. The molecular weight excluding hydrogens is 238 g/mol. The average molecular weight is 251 g/mol. The van der Waals surface area contributed by atoms with Crippen molar-refractivity contribution in [3.05, 3.63) is 54.6 Å². The van der Waals surface area contributed by atoms with Crippen LogP contribution in [0.3, 0.4) is 0 Å². The standard InChI is InChI=1S/C15H13N3O/c1-10-14(3-2-7-18-10)19-15-5-4-13(16)11-6-8-17-9-12(11)15/h2-9H,16H2,1H3. The van der Waals surface area contributed by atoms with E-state index in [0.29, 0.717) is 5.69 Å². The fraction of sp³-hybridized carbons (Fsp3) is 0.0667. The van der Waals surface area contributed by atoms with Crippen LogP contribution < -0.4 is 10.5 Å². The summed E-state index contributed by atoms with van der Waals surface area (Å²) in [5.74, 6) is 1.46. The van der Waals surface area contributed by atoms with Crippen LogP contribution in [0.2, 0.25) is 0 Å². The monoisotopic (exact) mass is 251 g/mol. The van der Waals surface area contributed by atoms with E-state index in [1.54, 1.807) is 18.6 Å². The third-order valence-electron chi connectivity index (χ3n) is 2.99. The summed E-state index contributed by atoms with van der Waals surface area (Å²) >= 11 is 0. The van der Waals surface area contributed by atoms with Crippen LogP contribution in [0.4, 0.5) is 5.69 Å². The molecule has 19 heavy (non-hydrogen) atoms. The first-order chi connectivity index (χ1) is 9.25. The van der Waals surface area contributed by atoms with Gasteiger partial charge in [0.05, 0.1) is 5.69 Å². The number of nitrogens with zero attached hydrogens (tertiary/aromatic N) is 2. The van der Waals surface area contributed by atoms with Crippen molar-refractivity contribution in [1.82, 2.24) is 9.97 Å². The van der Waals surface area contributed by atoms with Gasteiger partial charge in [-0.1, -0.05) is 0 Å². The molecule has 0 bridgehead atoms. The normalized spacial score (nSPS) is 10.6. The summed E-state index contributed by atoms with van der Waals surface area (Å²) in [4.78, 5) is 8.34. The van der Waals surface area contributed by atoms with Crippen molar-refractivity contribution in [3.8, 4) is 11.5 Å². The highest BCUT2D eigenvalue weighted by molar-refractivity contribution is 5.96. The summed E-state index contributed by atoms with van der Waals surface area (Å²) in [6, 6.07) is 9.31. The Morgan fingerprint density at radius 3 is 2.74 bits per heavy atom. The highest BCUT2D eigenvalue weighted by Gasteiger charge is 2.07. The highest BCUT2D eigenvalue weighted by Crippen LogP contribution is 2.33. The van der Waals surface area contributed by atoms with Crippen LogP contribution in [0.5, 0.6) is 11.5 Å². The molecule has 3 rings (SSSR count). The number of nitrogens with two attached hydrogens (primary N) is 1. The first kappa shape index (κ1) is 11.5. The minimum absolute atomic E-state index is 0.715. The second-order valence-electron chi connectivity index (χ2n) is 4.26. The van der Waals surface area contributed by atoms with Crippen molar-refractivity contribution in [2.24, 2.45) is 0 Å². The number of fused-ring (bicyclic) bond motifs is 1. The van der Waals surface area contributed by atoms with E-state index in [-0.39, 0.29) is 0 Å². The Balaban J connectivity index is 2.12. The van der Waals surface area contributed by atoms with Crippen molar-refractivity contribution in [3.63, 3.8) is 0 Å². The zero-order valence-electron chi connectivity index (χ0n) is 10.5. The highest BCUT2D eigenvalue weighted by atomic mass is 16.5. The van der Waals surface area contributed by atoms with E-state index in [2.05, 4.69) is 9.97 Å². The van der Waals surface area contributed by atoms with Gasteiger partial charge >= 0.3 is 0 Å². The van der Waals surface area contributed by atoms with Crippen LogP contribution in [0.15, 0.2) is 48.9 Å². The van der Waals surface area contributed by atoms with E-state index >= 15 is 0 Å². The number of nitrogen functional groups attached to an aromatic ring is 1. The lowest BCUT2D eigenvalue weighted by molar-refractivity contribution is 0.481. The number of ether oxygens (including phenoxy) is 1. The smallest absolute Gasteiger partial charge is 0.148 e. The lowest BCUT2D eigenvalue weighted by atomic mass is 10.1. The molecule has 0 amide bonds. The van der Waals surface area contributed by atoms with Gasteiger partial charge in [-0.2, -0.15) is 0 Å².